The molecule has 9 heteroatoms. The number of aromatic nitrogens is 1. The lowest BCUT2D eigenvalue weighted by molar-refractivity contribution is 0.415. The van der Waals surface area contributed by atoms with E-state index < -0.39 is 32.4 Å². The first-order chi connectivity index (χ1) is 11.3. The molecule has 5 nitrogen and oxygen atoms in total. The number of rotatable bonds is 4. The third-order valence-corrected chi connectivity index (χ3v) is 5.09. The van der Waals surface area contributed by atoms with E-state index in [-0.39, 0.29) is 4.90 Å². The molecule has 0 amide bonds. The van der Waals surface area contributed by atoms with Gasteiger partial charge in [-0.1, -0.05) is 11.6 Å². The van der Waals surface area contributed by atoms with Gasteiger partial charge in [0, 0.05) is 23.7 Å². The fourth-order valence-electron chi connectivity index (χ4n) is 2.23. The summed E-state index contributed by atoms with van der Waals surface area (Å²) < 4.78 is 59.4. The van der Waals surface area contributed by atoms with Crippen LogP contribution in [-0.2, 0) is 10.0 Å². The first-order valence-electron chi connectivity index (χ1n) is 6.64. The number of ether oxygens (including phenoxy) is 1. The summed E-state index contributed by atoms with van der Waals surface area (Å²) in [5.74, 6) is -1.36. The van der Waals surface area contributed by atoms with Crippen LogP contribution in [0.15, 0.2) is 41.4 Å². The quantitative estimate of drug-likeness (QED) is 0.682. The molecule has 0 aliphatic heterocycles. The number of hydrogen-bond acceptors (Lipinski definition) is 3. The van der Waals surface area contributed by atoms with Gasteiger partial charge in [0.25, 0.3) is 10.0 Å². The SMILES string of the molecule is COc1ccc2c(S(=O)(=O)Nc3cc(F)c(Cl)cc3F)c[nH]c2c1. The summed E-state index contributed by atoms with van der Waals surface area (Å²) in [6.07, 6.45) is 1.26. The van der Waals surface area contributed by atoms with Crippen molar-refractivity contribution in [1.82, 2.24) is 4.98 Å². The van der Waals surface area contributed by atoms with Gasteiger partial charge in [0.15, 0.2) is 0 Å². The monoisotopic (exact) mass is 372 g/mol. The summed E-state index contributed by atoms with van der Waals surface area (Å²) in [6, 6.07) is 6.16. The molecule has 0 bridgehead atoms. The van der Waals surface area contributed by atoms with Crippen molar-refractivity contribution in [3.05, 3.63) is 53.2 Å². The standard InChI is InChI=1S/C15H11ClF2N2O3S/c1-23-8-2-3-9-13(4-8)19-7-15(9)24(21,22)20-14-6-11(17)10(16)5-12(14)18/h2-7,19-20H,1H3. The maximum atomic E-state index is 13.8. The molecule has 3 rings (SSSR count). The van der Waals surface area contributed by atoms with E-state index in [0.717, 1.165) is 0 Å². The van der Waals surface area contributed by atoms with E-state index in [1.165, 1.54) is 13.3 Å². The van der Waals surface area contributed by atoms with Crippen LogP contribution in [0.1, 0.15) is 0 Å². The summed E-state index contributed by atoms with van der Waals surface area (Å²) in [7, 11) is -2.65. The molecule has 0 aliphatic rings. The van der Waals surface area contributed by atoms with Gasteiger partial charge in [-0.2, -0.15) is 0 Å². The van der Waals surface area contributed by atoms with E-state index >= 15 is 0 Å². The van der Waals surface area contributed by atoms with Gasteiger partial charge in [-0.05, 0) is 18.2 Å². The normalized spacial score (nSPS) is 11.7. The van der Waals surface area contributed by atoms with Gasteiger partial charge in [0.1, 0.15) is 22.3 Å². The predicted molar refractivity (Wildman–Crippen MR) is 87.0 cm³/mol. The summed E-state index contributed by atoms with van der Waals surface area (Å²) in [5, 5.41) is -0.0484. The molecule has 1 aromatic heterocycles. The van der Waals surface area contributed by atoms with Gasteiger partial charge in [0.05, 0.1) is 23.3 Å². The summed E-state index contributed by atoms with van der Waals surface area (Å²) in [5.41, 5.74) is -0.00255. The Balaban J connectivity index is 2.04. The molecular weight excluding hydrogens is 362 g/mol. The minimum absolute atomic E-state index is 0.102. The van der Waals surface area contributed by atoms with Crippen molar-refractivity contribution in [2.45, 2.75) is 4.90 Å². The Morgan fingerprint density at radius 3 is 2.62 bits per heavy atom. The van der Waals surface area contributed by atoms with Crippen LogP contribution in [0.3, 0.4) is 0 Å². The first-order valence-corrected chi connectivity index (χ1v) is 8.50. The Morgan fingerprint density at radius 1 is 1.17 bits per heavy atom. The number of nitrogens with one attached hydrogen (secondary N) is 2. The van der Waals surface area contributed by atoms with E-state index in [1.54, 1.807) is 18.2 Å². The third kappa shape index (κ3) is 2.90. The summed E-state index contributed by atoms with van der Waals surface area (Å²) >= 11 is 5.45. The molecule has 1 heterocycles. The second kappa shape index (κ2) is 5.95. The molecule has 3 aromatic rings. The summed E-state index contributed by atoms with van der Waals surface area (Å²) in [4.78, 5) is 2.70. The Labute approximate surface area is 141 Å². The molecule has 0 saturated carbocycles. The highest BCUT2D eigenvalue weighted by molar-refractivity contribution is 7.93. The molecule has 2 aromatic carbocycles. The van der Waals surface area contributed by atoms with Crippen LogP contribution in [0.25, 0.3) is 10.9 Å². The smallest absolute Gasteiger partial charge is 0.264 e. The predicted octanol–water partition coefficient (Wildman–Crippen LogP) is 3.91. The van der Waals surface area contributed by atoms with Crippen LogP contribution in [0, 0.1) is 11.6 Å². The van der Waals surface area contributed by atoms with E-state index in [4.69, 9.17) is 16.3 Å². The average molecular weight is 373 g/mol. The molecule has 2 N–H and O–H groups in total. The van der Waals surface area contributed by atoms with Gasteiger partial charge in [-0.3, -0.25) is 4.72 Å². The molecule has 0 fully saturated rings. The first kappa shape index (κ1) is 16.5. The van der Waals surface area contributed by atoms with E-state index in [1.807, 2.05) is 4.72 Å². The molecule has 126 valence electrons. The fourth-order valence-corrected chi connectivity index (χ4v) is 3.62. The number of aromatic amines is 1. The van der Waals surface area contributed by atoms with Crippen LogP contribution in [0.4, 0.5) is 14.5 Å². The number of methoxy groups -OCH3 is 1. The maximum Gasteiger partial charge on any atom is 0.264 e. The number of fused-ring (bicyclic) bond motifs is 1. The highest BCUT2D eigenvalue weighted by Gasteiger charge is 2.21. The zero-order valence-electron chi connectivity index (χ0n) is 12.2. The van der Waals surface area contributed by atoms with Crippen molar-refractivity contribution >= 4 is 38.2 Å². The van der Waals surface area contributed by atoms with Crippen molar-refractivity contribution < 1.29 is 21.9 Å². The molecule has 0 unspecified atom stereocenters. The number of benzene rings is 2. The van der Waals surface area contributed by atoms with Crippen LogP contribution >= 0.6 is 11.6 Å². The fraction of sp³-hybridized carbons (Fsp3) is 0.0667. The van der Waals surface area contributed by atoms with Gasteiger partial charge in [-0.25, -0.2) is 17.2 Å². The molecule has 0 spiro atoms. The van der Waals surface area contributed by atoms with Crippen LogP contribution in [0.5, 0.6) is 5.75 Å². The average Bonchev–Trinajstić information content (AvgIpc) is 2.96. The minimum atomic E-state index is -4.14. The molecule has 24 heavy (non-hydrogen) atoms. The van der Waals surface area contributed by atoms with Crippen molar-refractivity contribution in [2.75, 3.05) is 11.8 Å². The lowest BCUT2D eigenvalue weighted by Gasteiger charge is -2.09. The lowest BCUT2D eigenvalue weighted by atomic mass is 10.2. The Kier molecular flexibility index (Phi) is 4.10. The zero-order chi connectivity index (χ0) is 17.5. The van der Waals surface area contributed by atoms with E-state index in [2.05, 4.69) is 4.98 Å². The molecular formula is C15H11ClF2N2O3S. The molecule has 0 atom stereocenters. The van der Waals surface area contributed by atoms with Gasteiger partial charge >= 0.3 is 0 Å². The van der Waals surface area contributed by atoms with Crippen molar-refractivity contribution in [1.29, 1.82) is 0 Å². The van der Waals surface area contributed by atoms with Crippen molar-refractivity contribution in [3.63, 3.8) is 0 Å². The molecule has 0 aliphatic carbocycles. The van der Waals surface area contributed by atoms with Crippen LogP contribution in [-0.4, -0.2) is 20.5 Å². The van der Waals surface area contributed by atoms with Crippen LogP contribution in [0.2, 0.25) is 5.02 Å². The molecule has 0 radical (unpaired) electrons. The van der Waals surface area contributed by atoms with Gasteiger partial charge in [0.2, 0.25) is 0 Å². The number of sulfonamides is 1. The number of halogens is 3. The second-order valence-corrected chi connectivity index (χ2v) is 6.97. The van der Waals surface area contributed by atoms with E-state index in [9.17, 15) is 17.2 Å². The zero-order valence-corrected chi connectivity index (χ0v) is 13.8. The topological polar surface area (TPSA) is 71.2 Å². The largest absolute Gasteiger partial charge is 0.497 e. The molecule has 0 saturated heterocycles. The highest BCUT2D eigenvalue weighted by atomic mass is 35.5. The van der Waals surface area contributed by atoms with Crippen LogP contribution < -0.4 is 9.46 Å². The Hall–Kier alpha value is -2.32. The third-order valence-electron chi connectivity index (χ3n) is 3.39. The highest BCUT2D eigenvalue weighted by Crippen LogP contribution is 2.29. The number of H-pyrrole nitrogens is 1. The van der Waals surface area contributed by atoms with Gasteiger partial charge in [-0.15, -0.1) is 0 Å². The Morgan fingerprint density at radius 2 is 1.92 bits per heavy atom. The number of hydrogen-bond donors (Lipinski definition) is 2. The summed E-state index contributed by atoms with van der Waals surface area (Å²) in [6.45, 7) is 0. The lowest BCUT2D eigenvalue weighted by Crippen LogP contribution is -2.14. The second-order valence-electron chi connectivity index (χ2n) is 4.92. The maximum absolute atomic E-state index is 13.8. The van der Waals surface area contributed by atoms with Gasteiger partial charge < -0.3 is 9.72 Å². The Bertz CT molecular complexity index is 1030. The van der Waals surface area contributed by atoms with Crippen molar-refractivity contribution in [2.24, 2.45) is 0 Å². The van der Waals surface area contributed by atoms with E-state index in [0.29, 0.717) is 28.8 Å². The minimum Gasteiger partial charge on any atom is -0.497 e. The van der Waals surface area contributed by atoms with Crippen molar-refractivity contribution in [3.8, 4) is 5.75 Å². The number of anilines is 1.